The Morgan fingerprint density at radius 1 is 1.22 bits per heavy atom. The number of rotatable bonds is 4. The highest BCUT2D eigenvalue weighted by Crippen LogP contribution is 2.16. The van der Waals surface area contributed by atoms with Gasteiger partial charge in [0.15, 0.2) is 5.13 Å². The lowest BCUT2D eigenvalue weighted by Crippen LogP contribution is -2.33. The van der Waals surface area contributed by atoms with Crippen molar-refractivity contribution in [2.45, 2.75) is 13.0 Å². The molecule has 0 aliphatic carbocycles. The summed E-state index contributed by atoms with van der Waals surface area (Å²) in [6.07, 6.45) is 1.60. The van der Waals surface area contributed by atoms with Gasteiger partial charge in [0.25, 0.3) is 11.5 Å². The van der Waals surface area contributed by atoms with E-state index in [1.807, 2.05) is 30.3 Å². The smallest absolute Gasteiger partial charge is 0.267 e. The van der Waals surface area contributed by atoms with Crippen LogP contribution < -0.4 is 10.9 Å². The summed E-state index contributed by atoms with van der Waals surface area (Å²) >= 11 is 1.32. The SMILES string of the molecule is CC(C(=O)Nc1nccs1)n1nc(-c2ccccc2)ccc1=O. The number of carbonyl (C=O) groups is 1. The Labute approximate surface area is 136 Å². The van der Waals surface area contributed by atoms with Crippen LogP contribution in [0, 0.1) is 0 Å². The first-order chi connectivity index (χ1) is 11.1. The molecule has 1 amide bonds. The third-order valence-corrected chi connectivity index (χ3v) is 3.99. The number of anilines is 1. The van der Waals surface area contributed by atoms with Crippen LogP contribution in [0.2, 0.25) is 0 Å². The van der Waals surface area contributed by atoms with E-state index < -0.39 is 6.04 Å². The van der Waals surface area contributed by atoms with Crippen molar-refractivity contribution in [1.29, 1.82) is 0 Å². The molecule has 2 aromatic heterocycles. The Bertz CT molecular complexity index is 859. The molecule has 3 aromatic rings. The number of carbonyl (C=O) groups excluding carboxylic acids is 1. The van der Waals surface area contributed by atoms with Gasteiger partial charge in [-0.05, 0) is 13.0 Å². The first kappa shape index (κ1) is 15.1. The van der Waals surface area contributed by atoms with Gasteiger partial charge in [-0.3, -0.25) is 9.59 Å². The zero-order chi connectivity index (χ0) is 16.2. The zero-order valence-corrected chi connectivity index (χ0v) is 13.2. The van der Waals surface area contributed by atoms with Gasteiger partial charge in [-0.15, -0.1) is 11.3 Å². The third-order valence-electron chi connectivity index (χ3n) is 3.30. The molecule has 1 atom stereocenters. The average Bonchev–Trinajstić information content (AvgIpc) is 3.08. The molecule has 0 aliphatic rings. The van der Waals surface area contributed by atoms with Crippen LogP contribution in [0.25, 0.3) is 11.3 Å². The first-order valence-electron chi connectivity index (χ1n) is 7.01. The van der Waals surface area contributed by atoms with Gasteiger partial charge >= 0.3 is 0 Å². The van der Waals surface area contributed by atoms with Crippen molar-refractivity contribution in [2.75, 3.05) is 5.32 Å². The second kappa shape index (κ2) is 6.53. The van der Waals surface area contributed by atoms with Gasteiger partial charge in [-0.1, -0.05) is 30.3 Å². The molecule has 1 unspecified atom stereocenters. The molecule has 7 heteroatoms. The molecule has 0 saturated carbocycles. The van der Waals surface area contributed by atoms with E-state index in [2.05, 4.69) is 15.4 Å². The summed E-state index contributed by atoms with van der Waals surface area (Å²) in [5.41, 5.74) is 1.19. The van der Waals surface area contributed by atoms with Crippen LogP contribution >= 0.6 is 11.3 Å². The van der Waals surface area contributed by atoms with E-state index in [1.54, 1.807) is 24.6 Å². The largest absolute Gasteiger partial charge is 0.300 e. The molecular formula is C16H14N4O2S. The number of nitrogens with zero attached hydrogens (tertiary/aromatic N) is 3. The van der Waals surface area contributed by atoms with Crippen molar-refractivity contribution >= 4 is 22.4 Å². The lowest BCUT2D eigenvalue weighted by Gasteiger charge is -2.14. The number of hydrogen-bond donors (Lipinski definition) is 1. The predicted octanol–water partition coefficient (Wildman–Crippen LogP) is 2.57. The van der Waals surface area contributed by atoms with Crippen molar-refractivity contribution in [1.82, 2.24) is 14.8 Å². The molecule has 1 N–H and O–H groups in total. The highest BCUT2D eigenvalue weighted by Gasteiger charge is 2.18. The standard InChI is InChI=1S/C16H14N4O2S/c1-11(15(22)18-16-17-9-10-23-16)20-14(21)8-7-13(19-20)12-5-3-2-4-6-12/h2-11H,1H3,(H,17,18,22). The van der Waals surface area contributed by atoms with Crippen molar-refractivity contribution in [3.8, 4) is 11.3 Å². The molecule has 23 heavy (non-hydrogen) atoms. The molecule has 0 fully saturated rings. The predicted molar refractivity (Wildman–Crippen MR) is 89.4 cm³/mol. The molecule has 0 saturated heterocycles. The Morgan fingerprint density at radius 3 is 2.70 bits per heavy atom. The maximum atomic E-state index is 12.3. The van der Waals surface area contributed by atoms with Crippen LogP contribution in [0.3, 0.4) is 0 Å². The molecule has 2 heterocycles. The van der Waals surface area contributed by atoms with Crippen LogP contribution in [-0.2, 0) is 4.79 Å². The van der Waals surface area contributed by atoms with Crippen molar-refractivity contribution < 1.29 is 4.79 Å². The van der Waals surface area contributed by atoms with Crippen molar-refractivity contribution in [3.05, 3.63) is 64.4 Å². The van der Waals surface area contributed by atoms with Crippen LogP contribution in [0.4, 0.5) is 5.13 Å². The lowest BCUT2D eigenvalue weighted by molar-refractivity contribution is -0.119. The summed E-state index contributed by atoms with van der Waals surface area (Å²) in [6, 6.07) is 11.8. The Kier molecular flexibility index (Phi) is 4.29. The van der Waals surface area contributed by atoms with E-state index in [4.69, 9.17) is 0 Å². The molecule has 1 aromatic carbocycles. The normalized spacial score (nSPS) is 11.9. The molecular weight excluding hydrogens is 312 g/mol. The molecule has 3 rings (SSSR count). The van der Waals surface area contributed by atoms with Gasteiger partial charge in [0.2, 0.25) is 0 Å². The van der Waals surface area contributed by atoms with Crippen molar-refractivity contribution in [3.63, 3.8) is 0 Å². The van der Waals surface area contributed by atoms with Crippen LogP contribution in [0.1, 0.15) is 13.0 Å². The number of thiazole rings is 1. The maximum absolute atomic E-state index is 12.3. The fourth-order valence-corrected chi connectivity index (χ4v) is 2.60. The van der Waals surface area contributed by atoms with Gasteiger partial charge in [-0.2, -0.15) is 5.10 Å². The van der Waals surface area contributed by atoms with Gasteiger partial charge in [0.05, 0.1) is 5.69 Å². The fraction of sp³-hybridized carbons (Fsp3) is 0.125. The second-order valence-corrected chi connectivity index (χ2v) is 5.76. The fourth-order valence-electron chi connectivity index (χ4n) is 2.07. The van der Waals surface area contributed by atoms with E-state index in [0.29, 0.717) is 10.8 Å². The molecule has 116 valence electrons. The minimum Gasteiger partial charge on any atom is -0.300 e. The Hall–Kier alpha value is -2.80. The van der Waals surface area contributed by atoms with E-state index in [-0.39, 0.29) is 11.5 Å². The number of aromatic nitrogens is 3. The van der Waals surface area contributed by atoms with Crippen molar-refractivity contribution in [2.24, 2.45) is 0 Å². The topological polar surface area (TPSA) is 76.9 Å². The number of benzene rings is 1. The minimum atomic E-state index is -0.741. The highest BCUT2D eigenvalue weighted by atomic mass is 32.1. The molecule has 0 aliphatic heterocycles. The van der Waals surface area contributed by atoms with E-state index in [9.17, 15) is 9.59 Å². The first-order valence-corrected chi connectivity index (χ1v) is 7.89. The van der Waals surface area contributed by atoms with Crippen LogP contribution in [0.5, 0.6) is 0 Å². The average molecular weight is 326 g/mol. The second-order valence-electron chi connectivity index (χ2n) is 4.87. The van der Waals surface area contributed by atoms with Gasteiger partial charge in [0, 0.05) is 23.2 Å². The summed E-state index contributed by atoms with van der Waals surface area (Å²) in [5, 5.41) is 9.25. The monoisotopic (exact) mass is 326 g/mol. The van der Waals surface area contributed by atoms with Crippen LogP contribution in [-0.4, -0.2) is 20.7 Å². The van der Waals surface area contributed by atoms with Gasteiger partial charge < -0.3 is 5.32 Å². The molecule has 0 radical (unpaired) electrons. The van der Waals surface area contributed by atoms with E-state index in [0.717, 1.165) is 5.56 Å². The quantitative estimate of drug-likeness (QED) is 0.799. The summed E-state index contributed by atoms with van der Waals surface area (Å²) in [6.45, 7) is 1.63. The summed E-state index contributed by atoms with van der Waals surface area (Å²) in [4.78, 5) is 28.3. The van der Waals surface area contributed by atoms with E-state index in [1.165, 1.54) is 22.1 Å². The van der Waals surface area contributed by atoms with Gasteiger partial charge in [0.1, 0.15) is 6.04 Å². The summed E-state index contributed by atoms with van der Waals surface area (Å²) < 4.78 is 1.19. The molecule has 0 spiro atoms. The number of amides is 1. The summed E-state index contributed by atoms with van der Waals surface area (Å²) in [5.74, 6) is -0.334. The summed E-state index contributed by atoms with van der Waals surface area (Å²) in [7, 11) is 0. The molecule has 6 nitrogen and oxygen atoms in total. The minimum absolute atomic E-state index is 0.327. The maximum Gasteiger partial charge on any atom is 0.267 e. The van der Waals surface area contributed by atoms with Crippen LogP contribution in [0.15, 0.2) is 58.8 Å². The van der Waals surface area contributed by atoms with E-state index >= 15 is 0 Å². The Morgan fingerprint density at radius 2 is 2.00 bits per heavy atom. The number of hydrogen-bond acceptors (Lipinski definition) is 5. The zero-order valence-electron chi connectivity index (χ0n) is 12.3. The highest BCUT2D eigenvalue weighted by molar-refractivity contribution is 7.13. The number of nitrogens with one attached hydrogen (secondary N) is 1. The Balaban J connectivity index is 1.89. The molecule has 0 bridgehead atoms. The van der Waals surface area contributed by atoms with Gasteiger partial charge in [-0.25, -0.2) is 9.67 Å². The third kappa shape index (κ3) is 3.35. The lowest BCUT2D eigenvalue weighted by atomic mass is 10.1.